The molecule has 16 heavy (non-hydrogen) atoms. The minimum Gasteiger partial charge on any atom is -0.396 e. The van der Waals surface area contributed by atoms with Gasteiger partial charge in [-0.1, -0.05) is 0 Å². The van der Waals surface area contributed by atoms with Gasteiger partial charge in [-0.25, -0.2) is 0 Å². The molecule has 1 unspecified atom stereocenters. The van der Waals surface area contributed by atoms with Crippen LogP contribution in [0, 0.1) is 0 Å². The predicted octanol–water partition coefficient (Wildman–Crippen LogP) is -0.162. The number of aliphatic hydroxyl groups excluding tert-OH is 1. The van der Waals surface area contributed by atoms with Gasteiger partial charge in [0.05, 0.1) is 0 Å². The highest BCUT2D eigenvalue weighted by Gasteiger charge is 2.34. The van der Waals surface area contributed by atoms with Crippen LogP contribution in [0.25, 0.3) is 0 Å². The Morgan fingerprint density at radius 3 is 2.69 bits per heavy atom. The second-order valence-corrected chi connectivity index (χ2v) is 4.30. The molecule has 1 fully saturated rings. The lowest BCUT2D eigenvalue weighted by Crippen LogP contribution is -2.45. The smallest absolute Gasteiger partial charge is 0.244 e. The molecule has 0 aromatic heterocycles. The van der Waals surface area contributed by atoms with Gasteiger partial charge in [-0.15, -0.1) is 0 Å². The molecule has 0 aromatic carbocycles. The van der Waals surface area contributed by atoms with Crippen molar-refractivity contribution in [3.8, 4) is 0 Å². The summed E-state index contributed by atoms with van der Waals surface area (Å²) in [7, 11) is 3.41. The van der Waals surface area contributed by atoms with Crippen molar-refractivity contribution >= 4 is 11.8 Å². The number of carbonyl (C=O) groups excluding carboxylic acids is 2. The molecule has 5 heteroatoms. The first-order chi connectivity index (χ1) is 7.57. The average molecular weight is 228 g/mol. The van der Waals surface area contributed by atoms with Crippen molar-refractivity contribution < 1.29 is 14.7 Å². The number of aliphatic hydroxyl groups is 1. The van der Waals surface area contributed by atoms with E-state index >= 15 is 0 Å². The van der Waals surface area contributed by atoms with Crippen LogP contribution in [0.3, 0.4) is 0 Å². The molecule has 1 aliphatic rings. The Kier molecular flexibility index (Phi) is 4.73. The van der Waals surface area contributed by atoms with Gasteiger partial charge in [0.15, 0.2) is 0 Å². The van der Waals surface area contributed by atoms with Crippen LogP contribution < -0.4 is 0 Å². The lowest BCUT2D eigenvalue weighted by Gasteiger charge is -2.26. The standard InChI is InChI=1S/C11H20N2O3/c1-12(2)11(16)9-5-3-7-13(9)10(15)6-4-8-14/h9,14H,3-8H2,1-2H3. The first-order valence-corrected chi connectivity index (χ1v) is 5.69. The van der Waals surface area contributed by atoms with Crippen LogP contribution in [0.4, 0.5) is 0 Å². The van der Waals surface area contributed by atoms with E-state index < -0.39 is 0 Å². The van der Waals surface area contributed by atoms with Gasteiger partial charge in [0.25, 0.3) is 0 Å². The van der Waals surface area contributed by atoms with Crippen LogP contribution in [0.15, 0.2) is 0 Å². The van der Waals surface area contributed by atoms with Gasteiger partial charge in [-0.3, -0.25) is 9.59 Å². The Bertz CT molecular complexity index is 266. The summed E-state index contributed by atoms with van der Waals surface area (Å²) < 4.78 is 0. The maximum Gasteiger partial charge on any atom is 0.244 e. The van der Waals surface area contributed by atoms with Crippen molar-refractivity contribution in [2.45, 2.75) is 31.7 Å². The summed E-state index contributed by atoms with van der Waals surface area (Å²) in [4.78, 5) is 26.8. The Balaban J connectivity index is 2.58. The number of nitrogens with zero attached hydrogens (tertiary/aromatic N) is 2. The fourth-order valence-electron chi connectivity index (χ4n) is 1.99. The Labute approximate surface area is 96.0 Å². The SMILES string of the molecule is CN(C)C(=O)C1CCCN1C(=O)CCCO. The zero-order valence-corrected chi connectivity index (χ0v) is 9.98. The summed E-state index contributed by atoms with van der Waals surface area (Å²) in [6.45, 7) is 0.681. The van der Waals surface area contributed by atoms with E-state index in [1.807, 2.05) is 0 Å². The van der Waals surface area contributed by atoms with Crippen LogP contribution in [0.2, 0.25) is 0 Å². The van der Waals surface area contributed by atoms with Crippen LogP contribution in [0.5, 0.6) is 0 Å². The molecule has 0 saturated carbocycles. The molecule has 1 heterocycles. The van der Waals surface area contributed by atoms with Crippen LogP contribution in [0.1, 0.15) is 25.7 Å². The summed E-state index contributed by atoms with van der Waals surface area (Å²) in [5, 5.41) is 8.68. The number of carbonyl (C=O) groups is 2. The number of hydrogen-bond acceptors (Lipinski definition) is 3. The molecule has 92 valence electrons. The topological polar surface area (TPSA) is 60.9 Å². The lowest BCUT2D eigenvalue weighted by molar-refractivity contribution is -0.142. The highest BCUT2D eigenvalue weighted by molar-refractivity contribution is 5.88. The molecule has 1 atom stereocenters. The molecule has 0 spiro atoms. The van der Waals surface area contributed by atoms with Crippen molar-refractivity contribution in [2.24, 2.45) is 0 Å². The summed E-state index contributed by atoms with van der Waals surface area (Å²) in [6, 6.07) is -0.291. The number of amides is 2. The van der Waals surface area contributed by atoms with E-state index in [4.69, 9.17) is 5.11 Å². The largest absolute Gasteiger partial charge is 0.396 e. The molecule has 2 amide bonds. The summed E-state index contributed by atoms with van der Waals surface area (Å²) >= 11 is 0. The van der Waals surface area contributed by atoms with Crippen molar-refractivity contribution in [2.75, 3.05) is 27.2 Å². The molecule has 0 bridgehead atoms. The van der Waals surface area contributed by atoms with E-state index in [0.717, 1.165) is 12.8 Å². The fraction of sp³-hybridized carbons (Fsp3) is 0.818. The van der Waals surface area contributed by atoms with E-state index in [1.165, 1.54) is 4.90 Å². The zero-order chi connectivity index (χ0) is 12.1. The summed E-state index contributed by atoms with van der Waals surface area (Å²) in [5.74, 6) is -0.0263. The average Bonchev–Trinajstić information content (AvgIpc) is 2.73. The first kappa shape index (κ1) is 13.0. The van der Waals surface area contributed by atoms with Crippen LogP contribution in [-0.4, -0.2) is 60.0 Å². The number of rotatable bonds is 4. The maximum atomic E-state index is 11.8. The zero-order valence-electron chi connectivity index (χ0n) is 9.98. The summed E-state index contributed by atoms with van der Waals surface area (Å²) in [5.41, 5.74) is 0. The predicted molar refractivity (Wildman–Crippen MR) is 59.7 cm³/mol. The summed E-state index contributed by atoms with van der Waals surface area (Å²) in [6.07, 6.45) is 2.43. The van der Waals surface area contributed by atoms with E-state index in [1.54, 1.807) is 19.0 Å². The normalized spacial score (nSPS) is 19.9. The maximum absolute atomic E-state index is 11.8. The molecule has 0 aliphatic carbocycles. The minimum atomic E-state index is -0.291. The minimum absolute atomic E-state index is 0.00477. The molecular weight excluding hydrogens is 208 g/mol. The molecule has 1 rings (SSSR count). The van der Waals surface area contributed by atoms with Crippen molar-refractivity contribution in [3.05, 3.63) is 0 Å². The van der Waals surface area contributed by atoms with E-state index in [-0.39, 0.29) is 24.5 Å². The molecule has 1 N–H and O–H groups in total. The highest BCUT2D eigenvalue weighted by atomic mass is 16.3. The van der Waals surface area contributed by atoms with Crippen molar-refractivity contribution in [1.82, 2.24) is 9.80 Å². The molecule has 1 aliphatic heterocycles. The third kappa shape index (κ3) is 2.95. The van der Waals surface area contributed by atoms with Gasteiger partial charge in [0.2, 0.25) is 11.8 Å². The van der Waals surface area contributed by atoms with Gasteiger partial charge in [-0.2, -0.15) is 0 Å². The molecular formula is C11H20N2O3. The molecule has 0 aromatic rings. The van der Waals surface area contributed by atoms with Gasteiger partial charge >= 0.3 is 0 Å². The van der Waals surface area contributed by atoms with Crippen molar-refractivity contribution in [3.63, 3.8) is 0 Å². The first-order valence-electron chi connectivity index (χ1n) is 5.69. The lowest BCUT2D eigenvalue weighted by atomic mass is 10.2. The molecule has 0 radical (unpaired) electrons. The fourth-order valence-corrected chi connectivity index (χ4v) is 1.99. The van der Waals surface area contributed by atoms with Crippen molar-refractivity contribution in [1.29, 1.82) is 0 Å². The van der Waals surface area contributed by atoms with Gasteiger partial charge in [-0.05, 0) is 19.3 Å². The quantitative estimate of drug-likeness (QED) is 0.727. The number of likely N-dealkylation sites (N-methyl/N-ethyl adjacent to an activating group) is 1. The third-order valence-corrected chi connectivity index (χ3v) is 2.85. The van der Waals surface area contributed by atoms with Gasteiger partial charge < -0.3 is 14.9 Å². The molecule has 1 saturated heterocycles. The Morgan fingerprint density at radius 2 is 2.12 bits per heavy atom. The second-order valence-electron chi connectivity index (χ2n) is 4.30. The Hall–Kier alpha value is -1.10. The Morgan fingerprint density at radius 1 is 1.44 bits per heavy atom. The highest BCUT2D eigenvalue weighted by Crippen LogP contribution is 2.20. The number of hydrogen-bond donors (Lipinski definition) is 1. The van der Waals surface area contributed by atoms with Gasteiger partial charge in [0, 0.05) is 33.7 Å². The monoisotopic (exact) mass is 228 g/mol. The number of likely N-dealkylation sites (tertiary alicyclic amines) is 1. The molecule has 5 nitrogen and oxygen atoms in total. The van der Waals surface area contributed by atoms with Crippen LogP contribution >= 0.6 is 0 Å². The van der Waals surface area contributed by atoms with Gasteiger partial charge in [0.1, 0.15) is 6.04 Å². The second kappa shape index (κ2) is 5.84. The van der Waals surface area contributed by atoms with E-state index in [0.29, 0.717) is 19.4 Å². The van der Waals surface area contributed by atoms with Crippen LogP contribution in [-0.2, 0) is 9.59 Å². The third-order valence-electron chi connectivity index (χ3n) is 2.85. The van der Waals surface area contributed by atoms with E-state index in [2.05, 4.69) is 0 Å². The van der Waals surface area contributed by atoms with E-state index in [9.17, 15) is 9.59 Å².